The number of para-hydroxylation sites is 1. The standard InChI is InChI=1S/C26H27BrClN3O3/c1-3-14-34-24-21(33-4-2)15-18(22(27)23(24)28)16-29-31-25(17-10-6-5-7-11-17)30-20-13-9-8-12-19(20)26(31)32/h3,8-9,12-13,15-17H,1,4-7,10-11,14H2,2H3. The zero-order valence-corrected chi connectivity index (χ0v) is 21.4. The summed E-state index contributed by atoms with van der Waals surface area (Å²) < 4.78 is 13.5. The number of nitrogens with zero attached hydrogens (tertiary/aromatic N) is 3. The van der Waals surface area contributed by atoms with Crippen LogP contribution < -0.4 is 15.0 Å². The second-order valence-electron chi connectivity index (χ2n) is 8.14. The van der Waals surface area contributed by atoms with E-state index in [9.17, 15) is 4.79 Å². The van der Waals surface area contributed by atoms with Gasteiger partial charge in [0.15, 0.2) is 11.5 Å². The molecular formula is C26H27BrClN3O3. The van der Waals surface area contributed by atoms with Gasteiger partial charge >= 0.3 is 0 Å². The first-order chi connectivity index (χ1) is 16.5. The SMILES string of the molecule is C=CCOc1c(OCC)cc(C=Nn2c(C3CCCCC3)nc3ccccc3c2=O)c(Br)c1Cl. The predicted molar refractivity (Wildman–Crippen MR) is 141 cm³/mol. The first kappa shape index (κ1) is 24.5. The van der Waals surface area contributed by atoms with Crippen LogP contribution in [0, 0.1) is 0 Å². The van der Waals surface area contributed by atoms with Crippen molar-refractivity contribution in [3.63, 3.8) is 0 Å². The fraction of sp³-hybridized carbons (Fsp3) is 0.346. The summed E-state index contributed by atoms with van der Waals surface area (Å²) in [6.07, 6.45) is 8.72. The van der Waals surface area contributed by atoms with Gasteiger partial charge in [-0.3, -0.25) is 4.79 Å². The lowest BCUT2D eigenvalue weighted by Gasteiger charge is -2.22. The molecule has 2 aromatic carbocycles. The Labute approximate surface area is 212 Å². The number of halogens is 2. The van der Waals surface area contributed by atoms with E-state index in [1.165, 1.54) is 11.1 Å². The minimum Gasteiger partial charge on any atom is -0.490 e. The summed E-state index contributed by atoms with van der Waals surface area (Å²) in [6.45, 7) is 6.30. The van der Waals surface area contributed by atoms with Gasteiger partial charge in [-0.15, -0.1) is 0 Å². The summed E-state index contributed by atoms with van der Waals surface area (Å²) in [7, 11) is 0. The van der Waals surface area contributed by atoms with E-state index >= 15 is 0 Å². The van der Waals surface area contributed by atoms with Crippen molar-refractivity contribution in [3.8, 4) is 11.5 Å². The molecule has 3 aromatic rings. The third kappa shape index (κ3) is 5.05. The molecule has 1 aliphatic carbocycles. The third-order valence-corrected chi connectivity index (χ3v) is 7.31. The normalized spacial score (nSPS) is 14.6. The highest BCUT2D eigenvalue weighted by Crippen LogP contribution is 2.42. The molecule has 1 aliphatic rings. The molecule has 0 spiro atoms. The maximum absolute atomic E-state index is 13.4. The molecule has 178 valence electrons. The molecule has 0 bridgehead atoms. The van der Waals surface area contributed by atoms with Crippen molar-refractivity contribution in [2.75, 3.05) is 13.2 Å². The molecule has 6 nitrogen and oxygen atoms in total. The van der Waals surface area contributed by atoms with Crippen molar-refractivity contribution >= 4 is 44.6 Å². The Bertz CT molecular complexity index is 1280. The molecule has 0 saturated heterocycles. The monoisotopic (exact) mass is 543 g/mol. The van der Waals surface area contributed by atoms with Crippen LogP contribution in [0.15, 0.2) is 57.4 Å². The lowest BCUT2D eigenvalue weighted by molar-refractivity contribution is 0.297. The van der Waals surface area contributed by atoms with Gasteiger partial charge in [0.05, 0.1) is 23.7 Å². The second kappa shape index (κ2) is 11.2. The van der Waals surface area contributed by atoms with Crippen LogP contribution in [-0.4, -0.2) is 29.1 Å². The molecule has 1 heterocycles. The molecular weight excluding hydrogens is 518 g/mol. The molecule has 0 N–H and O–H groups in total. The summed E-state index contributed by atoms with van der Waals surface area (Å²) in [5.41, 5.74) is 1.18. The highest BCUT2D eigenvalue weighted by atomic mass is 79.9. The van der Waals surface area contributed by atoms with Crippen LogP contribution in [0.2, 0.25) is 5.02 Å². The number of hydrogen-bond acceptors (Lipinski definition) is 5. The van der Waals surface area contributed by atoms with Crippen LogP contribution in [0.1, 0.15) is 56.3 Å². The lowest BCUT2D eigenvalue weighted by Crippen LogP contribution is -2.25. The highest BCUT2D eigenvalue weighted by molar-refractivity contribution is 9.10. The van der Waals surface area contributed by atoms with E-state index in [4.69, 9.17) is 26.1 Å². The van der Waals surface area contributed by atoms with Gasteiger partial charge in [0.25, 0.3) is 5.56 Å². The first-order valence-corrected chi connectivity index (χ1v) is 12.7. The molecule has 1 aromatic heterocycles. The third-order valence-electron chi connectivity index (χ3n) is 5.86. The largest absolute Gasteiger partial charge is 0.490 e. The Morgan fingerprint density at radius 1 is 1.26 bits per heavy atom. The van der Waals surface area contributed by atoms with Crippen LogP contribution in [0.5, 0.6) is 11.5 Å². The number of ether oxygens (including phenoxy) is 2. The maximum atomic E-state index is 13.4. The second-order valence-corrected chi connectivity index (χ2v) is 9.31. The Morgan fingerprint density at radius 3 is 2.76 bits per heavy atom. The van der Waals surface area contributed by atoms with Crippen molar-refractivity contribution in [1.29, 1.82) is 0 Å². The molecule has 1 fully saturated rings. The van der Waals surface area contributed by atoms with E-state index in [1.807, 2.05) is 25.1 Å². The van der Waals surface area contributed by atoms with Crippen LogP contribution in [0.25, 0.3) is 10.9 Å². The average Bonchev–Trinajstić information content (AvgIpc) is 2.86. The van der Waals surface area contributed by atoms with Crippen molar-refractivity contribution in [2.24, 2.45) is 5.10 Å². The Hall–Kier alpha value is -2.64. The van der Waals surface area contributed by atoms with Crippen LogP contribution >= 0.6 is 27.5 Å². The van der Waals surface area contributed by atoms with Crippen molar-refractivity contribution in [2.45, 2.75) is 44.9 Å². The van der Waals surface area contributed by atoms with E-state index < -0.39 is 0 Å². The van der Waals surface area contributed by atoms with Gasteiger partial charge in [-0.1, -0.05) is 55.7 Å². The molecule has 4 rings (SSSR count). The maximum Gasteiger partial charge on any atom is 0.282 e. The Balaban J connectivity index is 1.82. The minimum atomic E-state index is -0.180. The van der Waals surface area contributed by atoms with Crippen LogP contribution in [0.4, 0.5) is 0 Å². The first-order valence-electron chi connectivity index (χ1n) is 11.5. The van der Waals surface area contributed by atoms with Gasteiger partial charge < -0.3 is 9.47 Å². The fourth-order valence-corrected chi connectivity index (χ4v) is 4.89. The van der Waals surface area contributed by atoms with Crippen LogP contribution in [-0.2, 0) is 0 Å². The molecule has 0 amide bonds. The molecule has 0 unspecified atom stereocenters. The molecule has 0 aliphatic heterocycles. The number of benzene rings is 2. The summed E-state index contributed by atoms with van der Waals surface area (Å²) in [5, 5.41) is 5.52. The molecule has 34 heavy (non-hydrogen) atoms. The van der Waals surface area contributed by atoms with Crippen LogP contribution in [0.3, 0.4) is 0 Å². The summed E-state index contributed by atoms with van der Waals surface area (Å²) in [6, 6.07) is 9.20. The van der Waals surface area contributed by atoms with Gasteiger partial charge in [0.1, 0.15) is 17.5 Å². The van der Waals surface area contributed by atoms with Gasteiger partial charge in [-0.25, -0.2) is 4.98 Å². The lowest BCUT2D eigenvalue weighted by atomic mass is 9.88. The quantitative estimate of drug-likeness (QED) is 0.234. The minimum absolute atomic E-state index is 0.180. The number of rotatable bonds is 8. The predicted octanol–water partition coefficient (Wildman–Crippen LogP) is 6.71. The average molecular weight is 545 g/mol. The van der Waals surface area contributed by atoms with E-state index in [0.717, 1.165) is 25.7 Å². The van der Waals surface area contributed by atoms with Crippen molar-refractivity contribution in [1.82, 2.24) is 9.66 Å². The molecule has 1 saturated carbocycles. The van der Waals surface area contributed by atoms with Crippen molar-refractivity contribution in [3.05, 3.63) is 74.2 Å². The van der Waals surface area contributed by atoms with Gasteiger partial charge in [0, 0.05) is 16.0 Å². The van der Waals surface area contributed by atoms with E-state index in [1.54, 1.807) is 24.4 Å². The van der Waals surface area contributed by atoms with E-state index in [-0.39, 0.29) is 11.5 Å². The van der Waals surface area contributed by atoms with E-state index in [0.29, 0.717) is 56.5 Å². The molecule has 0 atom stereocenters. The zero-order valence-electron chi connectivity index (χ0n) is 19.1. The smallest absolute Gasteiger partial charge is 0.282 e. The topological polar surface area (TPSA) is 65.7 Å². The number of aromatic nitrogens is 2. The molecule has 0 radical (unpaired) electrons. The number of hydrogen-bond donors (Lipinski definition) is 0. The summed E-state index contributed by atoms with van der Waals surface area (Å²) >= 11 is 10.1. The van der Waals surface area contributed by atoms with E-state index in [2.05, 4.69) is 27.6 Å². The summed E-state index contributed by atoms with van der Waals surface area (Å²) in [5.74, 6) is 1.83. The van der Waals surface area contributed by atoms with Crippen molar-refractivity contribution < 1.29 is 9.47 Å². The zero-order chi connectivity index (χ0) is 24.1. The number of fused-ring (bicyclic) bond motifs is 1. The van der Waals surface area contributed by atoms with Gasteiger partial charge in [-0.05, 0) is 53.9 Å². The molecule has 8 heteroatoms. The summed E-state index contributed by atoms with van der Waals surface area (Å²) in [4.78, 5) is 18.3. The highest BCUT2D eigenvalue weighted by Gasteiger charge is 2.23. The fourth-order valence-electron chi connectivity index (χ4n) is 4.24. The van der Waals surface area contributed by atoms with Gasteiger partial charge in [-0.2, -0.15) is 9.78 Å². The van der Waals surface area contributed by atoms with Gasteiger partial charge in [0.2, 0.25) is 0 Å². The Morgan fingerprint density at radius 2 is 2.03 bits per heavy atom. The Kier molecular flexibility index (Phi) is 8.06.